The summed E-state index contributed by atoms with van der Waals surface area (Å²) in [6.45, 7) is 5.20. The maximum Gasteiger partial charge on any atom is 0.331 e. The smallest absolute Gasteiger partial charge is 0.331 e. The van der Waals surface area contributed by atoms with E-state index >= 15 is 0 Å². The standard InChI is InChI=1S/C37H48O9/c1-35-16-14-26(44-31(40)7-5-4-6-30(38)39)19-24(35)10-13-28-27(35)15-17-36(2)33(23-18-32(41)43-21-23)29-20-37(28,36)46-34(45-29)22-8-11-25(42-3)12-9-22/h8-9,11-12,18,24,26-29,33-34H,4-7,10,13-17,19-21H2,1-3H3,(H,38,39)/t24-,26+,27+,28-,29+,33+,34?,35+,36-,37+/m1/s1. The maximum absolute atomic E-state index is 12.6. The molecule has 4 aliphatic carbocycles. The third kappa shape index (κ3) is 5.16. The van der Waals surface area contributed by atoms with E-state index < -0.39 is 17.9 Å². The van der Waals surface area contributed by atoms with Gasteiger partial charge >= 0.3 is 17.9 Å². The second-order valence-electron chi connectivity index (χ2n) is 15.2. The van der Waals surface area contributed by atoms with Crippen LogP contribution in [-0.4, -0.2) is 54.5 Å². The molecule has 2 bridgehead atoms. The number of esters is 2. The Morgan fingerprint density at radius 1 is 1.00 bits per heavy atom. The predicted molar refractivity (Wildman–Crippen MR) is 167 cm³/mol. The normalized spacial score (nSPS) is 41.0. The van der Waals surface area contributed by atoms with Crippen LogP contribution in [0.5, 0.6) is 5.75 Å². The summed E-state index contributed by atoms with van der Waals surface area (Å²) in [4.78, 5) is 35.7. The molecule has 0 amide bonds. The Bertz CT molecular complexity index is 1390. The molecule has 1 unspecified atom stereocenters. The van der Waals surface area contributed by atoms with E-state index in [0.29, 0.717) is 37.2 Å². The molecule has 0 aromatic heterocycles. The first-order valence-corrected chi connectivity index (χ1v) is 17.3. The lowest BCUT2D eigenvalue weighted by Gasteiger charge is -2.65. The van der Waals surface area contributed by atoms with Crippen LogP contribution >= 0.6 is 0 Å². The van der Waals surface area contributed by atoms with Gasteiger partial charge in [0, 0.05) is 42.2 Å². The molecule has 9 nitrogen and oxygen atoms in total. The van der Waals surface area contributed by atoms with Gasteiger partial charge in [0.15, 0.2) is 6.29 Å². The number of aliphatic carboxylic acids is 1. The number of carboxylic acids is 1. The van der Waals surface area contributed by atoms with Crippen molar-refractivity contribution in [2.45, 2.75) is 115 Å². The molecule has 1 saturated heterocycles. The molecule has 0 radical (unpaired) electrons. The molecule has 9 heteroatoms. The Morgan fingerprint density at radius 3 is 2.50 bits per heavy atom. The lowest BCUT2D eigenvalue weighted by molar-refractivity contribution is -0.319. The Hall–Kier alpha value is -2.91. The van der Waals surface area contributed by atoms with Gasteiger partial charge < -0.3 is 28.8 Å². The molecule has 4 saturated carbocycles. The summed E-state index contributed by atoms with van der Waals surface area (Å²) in [5.74, 6) is 0.866. The van der Waals surface area contributed by atoms with E-state index in [4.69, 9.17) is 28.8 Å². The van der Waals surface area contributed by atoms with Crippen LogP contribution in [0.25, 0.3) is 0 Å². The van der Waals surface area contributed by atoms with Crippen molar-refractivity contribution in [2.75, 3.05) is 13.7 Å². The first-order valence-electron chi connectivity index (χ1n) is 17.3. The number of carbonyl (C=O) groups is 3. The number of methoxy groups -OCH3 is 1. The molecule has 5 fully saturated rings. The summed E-state index contributed by atoms with van der Waals surface area (Å²) < 4.78 is 31.0. The predicted octanol–water partition coefficient (Wildman–Crippen LogP) is 6.54. The fourth-order valence-corrected chi connectivity index (χ4v) is 11.0. The fourth-order valence-electron chi connectivity index (χ4n) is 11.0. The third-order valence-corrected chi connectivity index (χ3v) is 13.2. The number of rotatable bonds is 9. The maximum atomic E-state index is 12.6. The van der Waals surface area contributed by atoms with Crippen LogP contribution in [0.2, 0.25) is 0 Å². The van der Waals surface area contributed by atoms with Gasteiger partial charge in [-0.15, -0.1) is 0 Å². The molecule has 1 aromatic rings. The number of carbonyl (C=O) groups excluding carboxylic acids is 2. The molecular formula is C37H48O9. The first kappa shape index (κ1) is 31.7. The second-order valence-corrected chi connectivity index (χ2v) is 15.2. The molecule has 2 heterocycles. The molecular weight excluding hydrogens is 588 g/mol. The van der Waals surface area contributed by atoms with Gasteiger partial charge in [-0.05, 0) is 98.7 Å². The summed E-state index contributed by atoms with van der Waals surface area (Å²) in [5, 5.41) is 8.87. The third-order valence-electron chi connectivity index (χ3n) is 13.2. The van der Waals surface area contributed by atoms with Crippen LogP contribution in [0.15, 0.2) is 35.9 Å². The minimum atomic E-state index is -0.830. The van der Waals surface area contributed by atoms with Crippen molar-refractivity contribution in [1.82, 2.24) is 0 Å². The van der Waals surface area contributed by atoms with Gasteiger partial charge in [-0.1, -0.05) is 26.0 Å². The SMILES string of the molecule is COc1ccc(C2O[C@H]3C[C@]4(O2)[C@@H]2CC[C@@H]5C[C@@H](OC(=O)CCCCC(=O)O)CC[C@]5(C)[C@H]2CC[C@]4(C)[C@H]3C2=CC(=O)OC2)cc1. The highest BCUT2D eigenvalue weighted by atomic mass is 16.7. The summed E-state index contributed by atoms with van der Waals surface area (Å²) in [6, 6.07) is 7.98. The monoisotopic (exact) mass is 636 g/mol. The highest BCUT2D eigenvalue weighted by Gasteiger charge is 2.74. The molecule has 46 heavy (non-hydrogen) atoms. The van der Waals surface area contributed by atoms with E-state index in [1.165, 1.54) is 0 Å². The van der Waals surface area contributed by atoms with E-state index in [-0.39, 0.29) is 53.7 Å². The quantitative estimate of drug-likeness (QED) is 0.238. The van der Waals surface area contributed by atoms with Gasteiger partial charge in [-0.3, -0.25) is 9.59 Å². The fraction of sp³-hybridized carbons (Fsp3) is 0.703. The molecule has 10 atom stereocenters. The largest absolute Gasteiger partial charge is 0.497 e. The Morgan fingerprint density at radius 2 is 1.78 bits per heavy atom. The molecule has 6 aliphatic rings. The molecule has 2 aliphatic heterocycles. The number of cyclic esters (lactones) is 1. The lowest BCUT2D eigenvalue weighted by Crippen LogP contribution is -2.63. The number of ether oxygens (including phenoxy) is 5. The van der Waals surface area contributed by atoms with E-state index in [2.05, 4.69) is 13.8 Å². The molecule has 1 aromatic carbocycles. The summed E-state index contributed by atoms with van der Waals surface area (Å²) in [6.07, 6.45) is 10.3. The van der Waals surface area contributed by atoms with Crippen molar-refractivity contribution in [3.8, 4) is 5.75 Å². The zero-order valence-electron chi connectivity index (χ0n) is 27.3. The Balaban J connectivity index is 1.13. The highest BCUT2D eigenvalue weighted by molar-refractivity contribution is 5.85. The number of benzene rings is 1. The van der Waals surface area contributed by atoms with Gasteiger partial charge in [0.25, 0.3) is 0 Å². The van der Waals surface area contributed by atoms with Crippen molar-refractivity contribution in [2.24, 2.45) is 34.5 Å². The van der Waals surface area contributed by atoms with Crippen molar-refractivity contribution in [1.29, 1.82) is 0 Å². The molecule has 1 N–H and O–H groups in total. The van der Waals surface area contributed by atoms with Crippen LogP contribution in [0, 0.1) is 34.5 Å². The Labute approximate surface area is 271 Å². The van der Waals surface area contributed by atoms with E-state index in [1.54, 1.807) is 13.2 Å². The molecule has 250 valence electrons. The number of unbranched alkanes of at least 4 members (excludes halogenated alkanes) is 1. The number of fused-ring (bicyclic) bond motifs is 4. The zero-order valence-corrected chi connectivity index (χ0v) is 27.3. The van der Waals surface area contributed by atoms with Gasteiger partial charge in [0.1, 0.15) is 18.5 Å². The van der Waals surface area contributed by atoms with Crippen molar-refractivity contribution >= 4 is 17.9 Å². The number of hydrogen-bond donors (Lipinski definition) is 1. The van der Waals surface area contributed by atoms with Gasteiger partial charge in [0.05, 0.1) is 18.8 Å². The van der Waals surface area contributed by atoms with E-state index in [0.717, 1.165) is 68.3 Å². The Kier molecular flexibility index (Phi) is 8.23. The lowest BCUT2D eigenvalue weighted by atomic mass is 9.43. The zero-order chi connectivity index (χ0) is 32.3. The number of carboxylic acid groups (broad SMARTS) is 1. The van der Waals surface area contributed by atoms with Crippen molar-refractivity contribution in [3.63, 3.8) is 0 Å². The minimum Gasteiger partial charge on any atom is -0.497 e. The first-order chi connectivity index (χ1) is 22.1. The average molecular weight is 637 g/mol. The summed E-state index contributed by atoms with van der Waals surface area (Å²) in [5.41, 5.74) is 1.56. The second kappa shape index (κ2) is 12.0. The van der Waals surface area contributed by atoms with Crippen LogP contribution in [0.3, 0.4) is 0 Å². The van der Waals surface area contributed by atoms with E-state index in [9.17, 15) is 14.4 Å². The van der Waals surface area contributed by atoms with Gasteiger partial charge in [-0.2, -0.15) is 0 Å². The van der Waals surface area contributed by atoms with Gasteiger partial charge in [0.2, 0.25) is 0 Å². The van der Waals surface area contributed by atoms with E-state index in [1.807, 2.05) is 24.3 Å². The minimum absolute atomic E-state index is 0.0549. The van der Waals surface area contributed by atoms with Crippen molar-refractivity contribution < 1.29 is 43.2 Å². The molecule has 1 spiro atoms. The number of hydrogen-bond acceptors (Lipinski definition) is 8. The summed E-state index contributed by atoms with van der Waals surface area (Å²) >= 11 is 0. The molecule has 7 rings (SSSR count). The van der Waals surface area contributed by atoms with Crippen LogP contribution in [0.4, 0.5) is 0 Å². The summed E-state index contributed by atoms with van der Waals surface area (Å²) in [7, 11) is 1.66. The van der Waals surface area contributed by atoms with Crippen LogP contribution < -0.4 is 4.74 Å². The van der Waals surface area contributed by atoms with Crippen LogP contribution in [-0.2, 0) is 33.3 Å². The van der Waals surface area contributed by atoms with Gasteiger partial charge in [-0.25, -0.2) is 4.79 Å². The highest BCUT2D eigenvalue weighted by Crippen LogP contribution is 2.73. The average Bonchev–Trinajstić information content (AvgIpc) is 3.53. The van der Waals surface area contributed by atoms with Crippen molar-refractivity contribution in [3.05, 3.63) is 41.5 Å². The topological polar surface area (TPSA) is 118 Å². The van der Waals surface area contributed by atoms with Crippen LogP contribution in [0.1, 0.15) is 103 Å².